The van der Waals surface area contributed by atoms with E-state index in [4.69, 9.17) is 5.11 Å². The number of hydrogen-bond acceptors (Lipinski definition) is 4. The van der Waals surface area contributed by atoms with Crippen LogP contribution in [0.3, 0.4) is 0 Å². The third kappa shape index (κ3) is 2.77. The molecule has 1 saturated heterocycles. The van der Waals surface area contributed by atoms with Gasteiger partial charge >= 0.3 is 5.97 Å². The Bertz CT molecular complexity index is 568. The molecule has 1 N–H and O–H groups in total. The average molecular weight is 301 g/mol. The maximum atomic E-state index is 12.4. The lowest BCUT2D eigenvalue weighted by Crippen LogP contribution is -2.41. The van der Waals surface area contributed by atoms with Gasteiger partial charge in [-0.1, -0.05) is 19.1 Å². The summed E-state index contributed by atoms with van der Waals surface area (Å²) < 4.78 is 25.9. The van der Waals surface area contributed by atoms with Crippen LogP contribution in [0.15, 0.2) is 29.2 Å². The number of rotatable bonds is 4. The molecule has 0 aromatic heterocycles. The summed E-state index contributed by atoms with van der Waals surface area (Å²) in [5, 5.41) is 9.06. The maximum absolute atomic E-state index is 12.4. The zero-order chi connectivity index (χ0) is 14.0. The van der Waals surface area contributed by atoms with Crippen molar-refractivity contribution in [1.82, 2.24) is 4.31 Å². The van der Waals surface area contributed by atoms with Gasteiger partial charge in [0, 0.05) is 5.75 Å². The number of sulfonamides is 1. The predicted molar refractivity (Wildman–Crippen MR) is 73.6 cm³/mol. The summed E-state index contributed by atoms with van der Waals surface area (Å²) in [7, 11) is -3.73. The Morgan fingerprint density at radius 3 is 2.58 bits per heavy atom. The van der Waals surface area contributed by atoms with E-state index in [9.17, 15) is 13.2 Å². The van der Waals surface area contributed by atoms with E-state index in [2.05, 4.69) is 0 Å². The van der Waals surface area contributed by atoms with Crippen molar-refractivity contribution in [2.24, 2.45) is 0 Å². The number of benzene rings is 1. The summed E-state index contributed by atoms with van der Waals surface area (Å²) in [6.45, 7) is 1.99. The van der Waals surface area contributed by atoms with E-state index in [1.807, 2.05) is 6.92 Å². The topological polar surface area (TPSA) is 74.7 Å². The van der Waals surface area contributed by atoms with Gasteiger partial charge in [-0.25, -0.2) is 8.42 Å². The van der Waals surface area contributed by atoms with E-state index in [-0.39, 0.29) is 10.8 Å². The molecule has 0 amide bonds. The van der Waals surface area contributed by atoms with Crippen LogP contribution >= 0.6 is 11.8 Å². The van der Waals surface area contributed by atoms with Gasteiger partial charge in [0.1, 0.15) is 6.04 Å². The van der Waals surface area contributed by atoms with E-state index >= 15 is 0 Å². The Kier molecular flexibility index (Phi) is 4.17. The minimum Gasteiger partial charge on any atom is -0.480 e. The van der Waals surface area contributed by atoms with Crippen LogP contribution in [-0.2, 0) is 21.2 Å². The molecule has 1 aliphatic heterocycles. The lowest BCUT2D eigenvalue weighted by Gasteiger charge is -2.20. The van der Waals surface area contributed by atoms with Gasteiger partial charge in [-0.2, -0.15) is 4.31 Å². The van der Waals surface area contributed by atoms with Gasteiger partial charge in [-0.3, -0.25) is 4.79 Å². The quantitative estimate of drug-likeness (QED) is 0.910. The zero-order valence-electron chi connectivity index (χ0n) is 10.4. The Morgan fingerprint density at radius 2 is 2.05 bits per heavy atom. The summed E-state index contributed by atoms with van der Waals surface area (Å²) in [5.41, 5.74) is 1.05. The standard InChI is InChI=1S/C12H15NO4S2/c1-2-9-3-5-10(6-4-9)19(16,17)13-8-18-7-11(13)12(14)15/h3-6,11H,2,7-8H2,1H3,(H,14,15). The van der Waals surface area contributed by atoms with Crippen LogP contribution in [0.2, 0.25) is 0 Å². The van der Waals surface area contributed by atoms with Gasteiger partial charge in [0.2, 0.25) is 10.0 Å². The van der Waals surface area contributed by atoms with Crippen molar-refractivity contribution in [2.75, 3.05) is 11.6 Å². The number of hydrogen-bond donors (Lipinski definition) is 1. The Hall–Kier alpha value is -1.05. The Balaban J connectivity index is 2.33. The summed E-state index contributed by atoms with van der Waals surface area (Å²) >= 11 is 1.31. The van der Waals surface area contributed by atoms with Crippen LogP contribution in [0.4, 0.5) is 0 Å². The van der Waals surface area contributed by atoms with Crippen LogP contribution in [-0.4, -0.2) is 41.5 Å². The molecule has 1 heterocycles. The predicted octanol–water partition coefficient (Wildman–Crippen LogP) is 1.40. The molecule has 2 rings (SSSR count). The van der Waals surface area contributed by atoms with Crippen LogP contribution in [0.1, 0.15) is 12.5 Å². The molecule has 1 fully saturated rings. The zero-order valence-corrected chi connectivity index (χ0v) is 12.1. The highest BCUT2D eigenvalue weighted by molar-refractivity contribution is 8.00. The van der Waals surface area contributed by atoms with Crippen molar-refractivity contribution in [3.05, 3.63) is 29.8 Å². The first-order valence-corrected chi connectivity index (χ1v) is 8.47. The summed E-state index contributed by atoms with van der Waals surface area (Å²) in [4.78, 5) is 11.2. The molecule has 1 unspecified atom stereocenters. The number of carboxylic acid groups (broad SMARTS) is 1. The Morgan fingerprint density at radius 1 is 1.42 bits per heavy atom. The average Bonchev–Trinajstić information content (AvgIpc) is 2.89. The molecule has 19 heavy (non-hydrogen) atoms. The largest absolute Gasteiger partial charge is 0.480 e. The van der Waals surface area contributed by atoms with E-state index in [0.717, 1.165) is 16.3 Å². The van der Waals surface area contributed by atoms with Gasteiger partial charge in [0.15, 0.2) is 0 Å². The first-order chi connectivity index (χ1) is 8.96. The van der Waals surface area contributed by atoms with Crippen molar-refractivity contribution in [3.63, 3.8) is 0 Å². The maximum Gasteiger partial charge on any atom is 0.322 e. The van der Waals surface area contributed by atoms with Crippen LogP contribution in [0.5, 0.6) is 0 Å². The van der Waals surface area contributed by atoms with Gasteiger partial charge < -0.3 is 5.11 Å². The minimum atomic E-state index is -3.73. The highest BCUT2D eigenvalue weighted by Gasteiger charge is 2.39. The fourth-order valence-electron chi connectivity index (χ4n) is 1.89. The number of aryl methyl sites for hydroxylation is 1. The van der Waals surface area contributed by atoms with Gasteiger partial charge in [0.05, 0.1) is 10.8 Å². The van der Waals surface area contributed by atoms with E-state index in [0.29, 0.717) is 5.75 Å². The molecule has 1 aliphatic rings. The number of nitrogens with zero attached hydrogens (tertiary/aromatic N) is 1. The fraction of sp³-hybridized carbons (Fsp3) is 0.417. The molecule has 104 valence electrons. The highest BCUT2D eigenvalue weighted by atomic mass is 32.2. The molecule has 7 heteroatoms. The van der Waals surface area contributed by atoms with E-state index in [1.54, 1.807) is 12.1 Å². The fourth-order valence-corrected chi connectivity index (χ4v) is 5.03. The molecule has 1 aromatic rings. The smallest absolute Gasteiger partial charge is 0.322 e. The molecule has 1 aromatic carbocycles. The number of carbonyl (C=O) groups is 1. The monoisotopic (exact) mass is 301 g/mol. The summed E-state index contributed by atoms with van der Waals surface area (Å²) in [5.74, 6) is -0.616. The Labute approximate surface area is 116 Å². The number of aliphatic carboxylic acids is 1. The van der Waals surface area contributed by atoms with E-state index < -0.39 is 22.0 Å². The molecular formula is C12H15NO4S2. The van der Waals surface area contributed by atoms with Crippen molar-refractivity contribution < 1.29 is 18.3 Å². The van der Waals surface area contributed by atoms with Gasteiger partial charge in [-0.15, -0.1) is 11.8 Å². The van der Waals surface area contributed by atoms with Crippen molar-refractivity contribution in [2.45, 2.75) is 24.3 Å². The van der Waals surface area contributed by atoms with Crippen molar-refractivity contribution >= 4 is 27.8 Å². The molecule has 1 atom stereocenters. The summed E-state index contributed by atoms with van der Waals surface area (Å²) in [6, 6.07) is 5.62. The third-order valence-corrected chi connectivity index (χ3v) is 6.11. The molecular weight excluding hydrogens is 286 g/mol. The molecule has 5 nitrogen and oxygen atoms in total. The first kappa shape index (κ1) is 14.4. The van der Waals surface area contributed by atoms with E-state index in [1.165, 1.54) is 23.9 Å². The van der Waals surface area contributed by atoms with Crippen LogP contribution in [0, 0.1) is 0 Å². The summed E-state index contributed by atoms with van der Waals surface area (Å²) in [6.07, 6.45) is 0.831. The van der Waals surface area contributed by atoms with Gasteiger partial charge in [-0.05, 0) is 24.1 Å². The van der Waals surface area contributed by atoms with Crippen molar-refractivity contribution in [1.29, 1.82) is 0 Å². The molecule has 0 bridgehead atoms. The van der Waals surface area contributed by atoms with Crippen molar-refractivity contribution in [3.8, 4) is 0 Å². The van der Waals surface area contributed by atoms with Gasteiger partial charge in [0.25, 0.3) is 0 Å². The highest BCUT2D eigenvalue weighted by Crippen LogP contribution is 2.28. The number of carboxylic acids is 1. The lowest BCUT2D eigenvalue weighted by molar-refractivity contribution is -0.140. The molecule has 0 radical (unpaired) electrons. The minimum absolute atomic E-state index is 0.151. The van der Waals surface area contributed by atoms with Crippen LogP contribution < -0.4 is 0 Å². The number of thioether (sulfide) groups is 1. The van der Waals surface area contributed by atoms with Crippen LogP contribution in [0.25, 0.3) is 0 Å². The molecule has 0 aliphatic carbocycles. The molecule has 0 spiro atoms. The second-order valence-electron chi connectivity index (χ2n) is 4.24. The second-order valence-corrected chi connectivity index (χ2v) is 7.13. The lowest BCUT2D eigenvalue weighted by atomic mass is 10.2. The second kappa shape index (κ2) is 5.52. The third-order valence-electron chi connectivity index (χ3n) is 3.07. The SMILES string of the molecule is CCc1ccc(S(=O)(=O)N2CSCC2C(=O)O)cc1. The first-order valence-electron chi connectivity index (χ1n) is 5.88. The molecule has 0 saturated carbocycles. The normalized spacial score (nSPS) is 20.6.